The van der Waals surface area contributed by atoms with Crippen LogP contribution < -0.4 is 15.4 Å². The number of rotatable bonds is 7. The van der Waals surface area contributed by atoms with E-state index in [-0.39, 0.29) is 5.91 Å². The molecule has 3 aromatic rings. The third kappa shape index (κ3) is 4.81. The number of nitrogens with one attached hydrogen (secondary N) is 2. The summed E-state index contributed by atoms with van der Waals surface area (Å²) < 4.78 is 10.7. The van der Waals surface area contributed by atoms with E-state index in [9.17, 15) is 10.1 Å². The van der Waals surface area contributed by atoms with E-state index in [2.05, 4.69) is 16.7 Å². The lowest BCUT2D eigenvalue weighted by molar-refractivity contribution is -0.113. The maximum Gasteiger partial charge on any atom is 0.254 e. The molecule has 2 N–H and O–H groups in total. The molecule has 1 aliphatic heterocycles. The van der Waals surface area contributed by atoms with Crippen LogP contribution in [-0.4, -0.2) is 13.0 Å². The molecule has 0 unspecified atom stereocenters. The number of nitriles is 1. The van der Waals surface area contributed by atoms with Crippen LogP contribution in [-0.2, 0) is 10.5 Å². The first-order valence-electron chi connectivity index (χ1n) is 10.4. The van der Waals surface area contributed by atoms with Gasteiger partial charge in [-0.3, -0.25) is 4.79 Å². The molecule has 6 nitrogen and oxygen atoms in total. The highest BCUT2D eigenvalue weighted by molar-refractivity contribution is 8.02. The van der Waals surface area contributed by atoms with Crippen LogP contribution in [0.25, 0.3) is 0 Å². The van der Waals surface area contributed by atoms with Crippen molar-refractivity contribution in [1.29, 1.82) is 5.26 Å². The van der Waals surface area contributed by atoms with Crippen molar-refractivity contribution in [2.75, 3.05) is 12.4 Å². The molecule has 0 bridgehead atoms. The monoisotopic (exact) mass is 457 g/mol. The van der Waals surface area contributed by atoms with Crippen molar-refractivity contribution in [2.24, 2.45) is 0 Å². The second kappa shape index (κ2) is 10.2. The molecule has 1 aromatic heterocycles. The zero-order valence-corrected chi connectivity index (χ0v) is 19.1. The summed E-state index contributed by atoms with van der Waals surface area (Å²) in [6.07, 6.45) is 3.13. The Kier molecular flexibility index (Phi) is 6.86. The molecule has 0 spiro atoms. The number of amides is 1. The fourth-order valence-electron chi connectivity index (χ4n) is 3.77. The number of carbonyl (C=O) groups is 1. The van der Waals surface area contributed by atoms with Crippen molar-refractivity contribution in [3.63, 3.8) is 0 Å². The zero-order valence-electron chi connectivity index (χ0n) is 18.3. The number of ether oxygens (including phenoxy) is 1. The third-order valence-electron chi connectivity index (χ3n) is 5.35. The van der Waals surface area contributed by atoms with Crippen LogP contribution in [0.15, 0.2) is 99.5 Å². The largest absolute Gasteiger partial charge is 0.495 e. The van der Waals surface area contributed by atoms with Crippen molar-refractivity contribution >= 4 is 23.4 Å². The maximum absolute atomic E-state index is 13.5. The minimum Gasteiger partial charge on any atom is -0.495 e. The second-order valence-electron chi connectivity index (χ2n) is 7.44. The van der Waals surface area contributed by atoms with Gasteiger partial charge in [0.2, 0.25) is 0 Å². The van der Waals surface area contributed by atoms with E-state index in [0.717, 1.165) is 16.2 Å². The number of thioether (sulfide) groups is 1. The molecule has 2 aromatic carbocycles. The number of furan rings is 1. The van der Waals surface area contributed by atoms with E-state index in [1.54, 1.807) is 49.6 Å². The Bertz CT molecular complexity index is 1240. The van der Waals surface area contributed by atoms with Gasteiger partial charge in [-0.1, -0.05) is 42.5 Å². The average molecular weight is 458 g/mol. The van der Waals surface area contributed by atoms with E-state index >= 15 is 0 Å². The molecule has 1 amide bonds. The van der Waals surface area contributed by atoms with Crippen LogP contribution in [0.5, 0.6) is 5.75 Å². The molecule has 0 aliphatic carbocycles. The SMILES string of the molecule is COc1ccccc1NC(=O)C1=C(C)NC(SCc2ccccc2)=C(C#N)[C@@H]1c1ccoc1. The number of dihydropyridines is 1. The Morgan fingerprint density at radius 2 is 1.94 bits per heavy atom. The first-order valence-corrected chi connectivity index (χ1v) is 11.4. The average Bonchev–Trinajstić information content (AvgIpc) is 3.38. The summed E-state index contributed by atoms with van der Waals surface area (Å²) in [6.45, 7) is 1.85. The number of methoxy groups -OCH3 is 1. The number of para-hydroxylation sites is 2. The van der Waals surface area contributed by atoms with Crippen molar-refractivity contribution in [3.8, 4) is 11.8 Å². The summed E-state index contributed by atoms with van der Waals surface area (Å²) in [5.74, 6) is 0.393. The predicted octanol–water partition coefficient (Wildman–Crippen LogP) is 5.56. The smallest absolute Gasteiger partial charge is 0.254 e. The molecule has 4 rings (SSSR count). The second-order valence-corrected chi connectivity index (χ2v) is 8.42. The topological polar surface area (TPSA) is 87.3 Å². The number of hydrogen-bond donors (Lipinski definition) is 2. The number of nitrogens with zero attached hydrogens (tertiary/aromatic N) is 1. The maximum atomic E-state index is 13.5. The summed E-state index contributed by atoms with van der Waals surface area (Å²) in [5.41, 5.74) is 4.08. The van der Waals surface area contributed by atoms with Crippen LogP contribution in [0.2, 0.25) is 0 Å². The van der Waals surface area contributed by atoms with Crippen LogP contribution in [0.4, 0.5) is 5.69 Å². The lowest BCUT2D eigenvalue weighted by Crippen LogP contribution is -2.30. The van der Waals surface area contributed by atoms with Gasteiger partial charge in [-0.15, -0.1) is 11.8 Å². The van der Waals surface area contributed by atoms with Gasteiger partial charge < -0.3 is 19.8 Å². The van der Waals surface area contributed by atoms with Crippen LogP contribution in [0, 0.1) is 11.3 Å². The van der Waals surface area contributed by atoms with E-state index in [1.165, 1.54) is 0 Å². The molecule has 0 saturated carbocycles. The van der Waals surface area contributed by atoms with Gasteiger partial charge in [0.25, 0.3) is 5.91 Å². The van der Waals surface area contributed by atoms with Gasteiger partial charge >= 0.3 is 0 Å². The molecular formula is C26H23N3O3S. The molecular weight excluding hydrogens is 434 g/mol. The fourth-order valence-corrected chi connectivity index (χ4v) is 4.82. The summed E-state index contributed by atoms with van der Waals surface area (Å²) in [5, 5.41) is 17.1. The minimum atomic E-state index is -0.553. The molecule has 0 fully saturated rings. The van der Waals surface area contributed by atoms with E-state index in [4.69, 9.17) is 9.15 Å². The number of allylic oxidation sites excluding steroid dienone is 2. The van der Waals surface area contributed by atoms with Gasteiger partial charge in [0.1, 0.15) is 5.75 Å². The first kappa shape index (κ1) is 22.3. The molecule has 7 heteroatoms. The minimum absolute atomic E-state index is 0.310. The standard InChI is InChI=1S/C26H23N3O3S/c1-17-23(25(30)29-21-10-6-7-11-22(21)31-2)24(19-12-13-32-15-19)20(14-27)26(28-17)33-16-18-8-4-3-5-9-18/h3-13,15,24,28H,16H2,1-2H3,(H,29,30)/t24-/m0/s1. The van der Waals surface area contributed by atoms with Gasteiger partial charge in [0.05, 0.1) is 47.9 Å². The normalized spacial score (nSPS) is 15.6. The highest BCUT2D eigenvalue weighted by Gasteiger charge is 2.35. The lowest BCUT2D eigenvalue weighted by Gasteiger charge is -2.29. The van der Waals surface area contributed by atoms with E-state index < -0.39 is 5.92 Å². The molecule has 1 atom stereocenters. The molecule has 0 radical (unpaired) electrons. The zero-order chi connectivity index (χ0) is 23.2. The Labute approximate surface area is 196 Å². The summed E-state index contributed by atoms with van der Waals surface area (Å²) >= 11 is 1.54. The molecule has 1 aliphatic rings. The summed E-state index contributed by atoms with van der Waals surface area (Å²) in [4.78, 5) is 13.5. The fraction of sp³-hybridized carbons (Fsp3) is 0.154. The van der Waals surface area contributed by atoms with Gasteiger partial charge in [0.15, 0.2) is 0 Å². The Morgan fingerprint density at radius 1 is 1.18 bits per heavy atom. The van der Waals surface area contributed by atoms with Gasteiger partial charge in [-0.25, -0.2) is 0 Å². The molecule has 2 heterocycles. The van der Waals surface area contributed by atoms with Gasteiger partial charge in [-0.2, -0.15) is 5.26 Å². The van der Waals surface area contributed by atoms with E-state index in [1.807, 2.05) is 49.4 Å². The molecule has 0 saturated heterocycles. The Balaban J connectivity index is 1.68. The quantitative estimate of drug-likeness (QED) is 0.483. The van der Waals surface area contributed by atoms with Crippen LogP contribution >= 0.6 is 11.8 Å². The van der Waals surface area contributed by atoms with E-state index in [0.29, 0.717) is 34.0 Å². The van der Waals surface area contributed by atoms with Crippen molar-refractivity contribution in [1.82, 2.24) is 5.32 Å². The number of benzene rings is 2. The highest BCUT2D eigenvalue weighted by Crippen LogP contribution is 2.42. The highest BCUT2D eigenvalue weighted by atomic mass is 32.2. The third-order valence-corrected chi connectivity index (χ3v) is 6.44. The summed E-state index contributed by atoms with van der Waals surface area (Å²) in [7, 11) is 1.55. The van der Waals surface area contributed by atoms with Crippen molar-refractivity contribution in [3.05, 3.63) is 106 Å². The number of carbonyl (C=O) groups excluding carboxylic acids is 1. The Hall–Kier alpha value is -3.89. The number of anilines is 1. The van der Waals surface area contributed by atoms with Gasteiger partial charge in [-0.05, 0) is 30.7 Å². The van der Waals surface area contributed by atoms with Crippen molar-refractivity contribution < 1.29 is 13.9 Å². The predicted molar refractivity (Wildman–Crippen MR) is 129 cm³/mol. The first-order chi connectivity index (χ1) is 16.1. The van der Waals surface area contributed by atoms with Gasteiger partial charge in [0, 0.05) is 22.6 Å². The lowest BCUT2D eigenvalue weighted by atomic mass is 9.83. The van der Waals surface area contributed by atoms with Crippen LogP contribution in [0.1, 0.15) is 24.0 Å². The van der Waals surface area contributed by atoms with Crippen molar-refractivity contribution in [2.45, 2.75) is 18.6 Å². The summed E-state index contributed by atoms with van der Waals surface area (Å²) in [6, 6.07) is 21.4. The van der Waals surface area contributed by atoms with Crippen LogP contribution in [0.3, 0.4) is 0 Å². The molecule has 33 heavy (non-hydrogen) atoms. The number of hydrogen-bond acceptors (Lipinski definition) is 6. The Morgan fingerprint density at radius 3 is 2.64 bits per heavy atom. The molecule has 166 valence electrons.